The van der Waals surface area contributed by atoms with Crippen LogP contribution in [0.3, 0.4) is 0 Å². The summed E-state index contributed by atoms with van der Waals surface area (Å²) in [5.74, 6) is -1.88. The number of hydrogen-bond acceptors (Lipinski definition) is 3. The second kappa shape index (κ2) is 4.10. The summed E-state index contributed by atoms with van der Waals surface area (Å²) in [4.78, 5) is 21.1. The molecule has 1 heterocycles. The zero-order chi connectivity index (χ0) is 10.7. The molecule has 0 radical (unpaired) electrons. The number of nitrogens with zero attached hydrogens (tertiary/aromatic N) is 2. The molecule has 7 heteroatoms. The molecule has 0 atom stereocenters. The van der Waals surface area contributed by atoms with E-state index in [-0.39, 0.29) is 6.67 Å². The van der Waals surface area contributed by atoms with Crippen LogP contribution in [0.4, 0.5) is 0 Å². The van der Waals surface area contributed by atoms with E-state index >= 15 is 0 Å². The minimum Gasteiger partial charge on any atom is -0.361 e. The Morgan fingerprint density at radius 2 is 2.36 bits per heavy atom. The first kappa shape index (κ1) is 10.5. The van der Waals surface area contributed by atoms with Crippen molar-refractivity contribution in [3.8, 4) is 0 Å². The monoisotopic (exact) mass is 216 g/mol. The molecule has 1 aromatic heterocycles. The Kier molecular flexibility index (Phi) is 3.08. The van der Waals surface area contributed by atoms with Crippen molar-refractivity contribution in [1.29, 1.82) is 0 Å². The molecule has 1 aromatic rings. The van der Waals surface area contributed by atoms with Gasteiger partial charge in [0, 0.05) is 6.20 Å². The highest BCUT2D eigenvalue weighted by atomic mass is 35.5. The van der Waals surface area contributed by atoms with Crippen molar-refractivity contribution in [2.75, 3.05) is 0 Å². The van der Waals surface area contributed by atoms with E-state index in [1.165, 1.54) is 10.9 Å². The predicted molar refractivity (Wildman–Crippen MR) is 49.3 cm³/mol. The first-order valence-corrected chi connectivity index (χ1v) is 4.15. The molecular formula is C7H9ClN4O2. The fourth-order valence-electron chi connectivity index (χ4n) is 0.814. The third-order valence-electron chi connectivity index (χ3n) is 1.51. The Bertz CT molecular complexity index is 354. The molecular weight excluding hydrogens is 208 g/mol. The molecule has 3 N–H and O–H groups in total. The van der Waals surface area contributed by atoms with Gasteiger partial charge in [0.1, 0.15) is 6.67 Å². The summed E-state index contributed by atoms with van der Waals surface area (Å²) in [6.45, 7) is 1.80. The first-order chi connectivity index (χ1) is 6.50. The Labute approximate surface area is 85.0 Å². The number of nitrogens with one attached hydrogen (secondary N) is 1. The number of rotatable bonds is 2. The topological polar surface area (TPSA) is 90.0 Å². The van der Waals surface area contributed by atoms with Crippen LogP contribution in [0.25, 0.3) is 0 Å². The van der Waals surface area contributed by atoms with Gasteiger partial charge in [0.2, 0.25) is 0 Å². The van der Waals surface area contributed by atoms with E-state index in [4.69, 9.17) is 17.3 Å². The molecule has 0 aliphatic carbocycles. The van der Waals surface area contributed by atoms with Crippen molar-refractivity contribution in [2.45, 2.75) is 13.6 Å². The number of hydrogen-bond donors (Lipinski definition) is 2. The molecule has 2 amide bonds. The Morgan fingerprint density at radius 1 is 1.71 bits per heavy atom. The van der Waals surface area contributed by atoms with Crippen molar-refractivity contribution >= 4 is 23.4 Å². The summed E-state index contributed by atoms with van der Waals surface area (Å²) in [7, 11) is 0. The molecule has 0 saturated heterocycles. The van der Waals surface area contributed by atoms with Gasteiger partial charge >= 0.3 is 11.8 Å². The van der Waals surface area contributed by atoms with E-state index < -0.39 is 11.8 Å². The highest BCUT2D eigenvalue weighted by Crippen LogP contribution is 2.11. The van der Waals surface area contributed by atoms with Crippen molar-refractivity contribution < 1.29 is 9.59 Å². The largest absolute Gasteiger partial charge is 0.361 e. The fourth-order valence-corrected chi connectivity index (χ4v) is 0.965. The third kappa shape index (κ3) is 2.46. The fraction of sp³-hybridized carbons (Fsp3) is 0.286. The molecule has 14 heavy (non-hydrogen) atoms. The molecule has 0 aliphatic heterocycles. The van der Waals surface area contributed by atoms with Crippen LogP contribution >= 0.6 is 11.6 Å². The lowest BCUT2D eigenvalue weighted by Crippen LogP contribution is -2.37. The molecule has 0 saturated carbocycles. The van der Waals surface area contributed by atoms with Crippen LogP contribution in [0.2, 0.25) is 5.02 Å². The van der Waals surface area contributed by atoms with Gasteiger partial charge in [0.15, 0.2) is 0 Å². The Balaban J connectivity index is 2.54. The molecule has 0 fully saturated rings. The number of aromatic nitrogens is 2. The second-order valence-electron chi connectivity index (χ2n) is 2.63. The minimum absolute atomic E-state index is 0.0648. The number of aryl methyl sites for hydroxylation is 1. The van der Waals surface area contributed by atoms with Crippen LogP contribution in [0.1, 0.15) is 5.69 Å². The molecule has 76 valence electrons. The summed E-state index contributed by atoms with van der Waals surface area (Å²) in [6.07, 6.45) is 1.54. The summed E-state index contributed by atoms with van der Waals surface area (Å²) in [5.41, 5.74) is 5.38. The lowest BCUT2D eigenvalue weighted by molar-refractivity contribution is -0.137. The number of carbonyl (C=O) groups excluding carboxylic acids is 2. The summed E-state index contributed by atoms with van der Waals surface area (Å²) in [5, 5.41) is 6.73. The van der Waals surface area contributed by atoms with Crippen LogP contribution < -0.4 is 11.1 Å². The number of primary amides is 1. The molecule has 0 aromatic carbocycles. The van der Waals surface area contributed by atoms with Crippen molar-refractivity contribution in [1.82, 2.24) is 15.1 Å². The van der Waals surface area contributed by atoms with Gasteiger partial charge in [-0.2, -0.15) is 5.10 Å². The Morgan fingerprint density at radius 3 is 2.79 bits per heavy atom. The maximum absolute atomic E-state index is 10.7. The third-order valence-corrected chi connectivity index (χ3v) is 1.88. The highest BCUT2D eigenvalue weighted by Gasteiger charge is 2.08. The first-order valence-electron chi connectivity index (χ1n) is 3.78. The van der Waals surface area contributed by atoms with E-state index in [0.717, 1.165) is 0 Å². The average Bonchev–Trinajstić information content (AvgIpc) is 2.42. The van der Waals surface area contributed by atoms with Crippen LogP contribution in [-0.2, 0) is 16.3 Å². The van der Waals surface area contributed by atoms with E-state index in [0.29, 0.717) is 10.7 Å². The van der Waals surface area contributed by atoms with E-state index in [1.54, 1.807) is 6.92 Å². The smallest absolute Gasteiger partial charge is 0.310 e. The molecule has 1 rings (SSSR count). The van der Waals surface area contributed by atoms with Crippen LogP contribution in [0.15, 0.2) is 6.20 Å². The standard InChI is InChI=1S/C7H9ClN4O2/c1-4-5(8)2-12(11-4)3-10-7(14)6(9)13/h2H,3H2,1H3,(H2,9,13)(H,10,14). The van der Waals surface area contributed by atoms with Gasteiger partial charge in [-0.3, -0.25) is 14.3 Å². The van der Waals surface area contributed by atoms with E-state index in [9.17, 15) is 9.59 Å². The van der Waals surface area contributed by atoms with E-state index in [2.05, 4.69) is 10.4 Å². The van der Waals surface area contributed by atoms with Gasteiger partial charge in [-0.15, -0.1) is 0 Å². The molecule has 6 nitrogen and oxygen atoms in total. The lowest BCUT2D eigenvalue weighted by Gasteiger charge is -2.01. The van der Waals surface area contributed by atoms with Gasteiger partial charge < -0.3 is 11.1 Å². The van der Waals surface area contributed by atoms with Crippen molar-refractivity contribution in [3.05, 3.63) is 16.9 Å². The zero-order valence-corrected chi connectivity index (χ0v) is 8.21. The minimum atomic E-state index is -1.03. The second-order valence-corrected chi connectivity index (χ2v) is 3.04. The summed E-state index contributed by atoms with van der Waals surface area (Å²) in [6, 6.07) is 0. The van der Waals surface area contributed by atoms with Crippen molar-refractivity contribution in [3.63, 3.8) is 0 Å². The Hall–Kier alpha value is -1.56. The van der Waals surface area contributed by atoms with Crippen LogP contribution in [0, 0.1) is 6.92 Å². The lowest BCUT2D eigenvalue weighted by atomic mass is 10.5. The quantitative estimate of drug-likeness (QED) is 0.647. The highest BCUT2D eigenvalue weighted by molar-refractivity contribution is 6.34. The molecule has 0 unspecified atom stereocenters. The van der Waals surface area contributed by atoms with Gasteiger partial charge in [-0.05, 0) is 6.92 Å². The predicted octanol–water partition coefficient (Wildman–Crippen LogP) is -0.596. The zero-order valence-electron chi connectivity index (χ0n) is 7.45. The molecule has 0 aliphatic rings. The number of halogens is 1. The summed E-state index contributed by atoms with van der Waals surface area (Å²) < 4.78 is 1.40. The van der Waals surface area contributed by atoms with E-state index in [1.807, 2.05) is 0 Å². The van der Waals surface area contributed by atoms with Crippen molar-refractivity contribution in [2.24, 2.45) is 5.73 Å². The SMILES string of the molecule is Cc1nn(CNC(=O)C(N)=O)cc1Cl. The van der Waals surface area contributed by atoms with Gasteiger partial charge in [-0.1, -0.05) is 11.6 Å². The van der Waals surface area contributed by atoms with Gasteiger partial charge in [-0.25, -0.2) is 0 Å². The number of amides is 2. The normalized spacial score (nSPS) is 9.86. The van der Waals surface area contributed by atoms with Crippen LogP contribution in [0.5, 0.6) is 0 Å². The average molecular weight is 217 g/mol. The number of carbonyl (C=O) groups is 2. The van der Waals surface area contributed by atoms with Gasteiger partial charge in [0.05, 0.1) is 10.7 Å². The molecule has 0 spiro atoms. The maximum atomic E-state index is 10.7. The molecule has 0 bridgehead atoms. The maximum Gasteiger partial charge on any atom is 0.310 e. The van der Waals surface area contributed by atoms with Crippen LogP contribution in [-0.4, -0.2) is 21.6 Å². The van der Waals surface area contributed by atoms with Gasteiger partial charge in [0.25, 0.3) is 0 Å². The summed E-state index contributed by atoms with van der Waals surface area (Å²) >= 11 is 5.72. The number of nitrogens with two attached hydrogens (primary N) is 1.